The standard InChI is InChI=1S/C13H12BNO/c1-13(2)6-10(16)12-11(13)8-5-7(14)3-4-9(8)15-12/h3-5,15H,6H2,1-2H3. The van der Waals surface area contributed by atoms with E-state index >= 15 is 0 Å². The number of hydrogen-bond donors (Lipinski definition) is 1. The normalized spacial score (nSPS) is 18.0. The number of ketones is 1. The van der Waals surface area contributed by atoms with Crippen LogP contribution in [-0.2, 0) is 5.41 Å². The molecule has 1 aromatic carbocycles. The third-order valence-corrected chi connectivity index (χ3v) is 3.38. The fourth-order valence-electron chi connectivity index (χ4n) is 2.70. The van der Waals surface area contributed by atoms with Gasteiger partial charge in [-0.25, -0.2) is 0 Å². The average molecular weight is 209 g/mol. The summed E-state index contributed by atoms with van der Waals surface area (Å²) < 4.78 is 0. The predicted octanol–water partition coefficient (Wildman–Crippen LogP) is 1.83. The third-order valence-electron chi connectivity index (χ3n) is 3.38. The second kappa shape index (κ2) is 2.79. The molecule has 1 aromatic heterocycles. The lowest BCUT2D eigenvalue weighted by atomic mass is 9.84. The molecule has 16 heavy (non-hydrogen) atoms. The van der Waals surface area contributed by atoms with E-state index in [4.69, 9.17) is 7.85 Å². The number of H-pyrrole nitrogens is 1. The molecule has 0 saturated heterocycles. The summed E-state index contributed by atoms with van der Waals surface area (Å²) in [5.74, 6) is 0.203. The molecule has 3 heteroatoms. The number of benzene rings is 1. The third kappa shape index (κ3) is 1.11. The van der Waals surface area contributed by atoms with Crippen LogP contribution in [0, 0.1) is 0 Å². The highest BCUT2D eigenvalue weighted by atomic mass is 16.1. The first kappa shape index (κ1) is 9.70. The van der Waals surface area contributed by atoms with Crippen LogP contribution < -0.4 is 5.46 Å². The van der Waals surface area contributed by atoms with E-state index in [0.29, 0.717) is 6.42 Å². The van der Waals surface area contributed by atoms with E-state index < -0.39 is 0 Å². The number of nitrogens with one attached hydrogen (secondary N) is 1. The number of hydrogen-bond acceptors (Lipinski definition) is 1. The molecule has 2 nitrogen and oxygen atoms in total. The Labute approximate surface area is 95.5 Å². The molecule has 0 amide bonds. The van der Waals surface area contributed by atoms with Gasteiger partial charge in [-0.1, -0.05) is 31.4 Å². The fourth-order valence-corrected chi connectivity index (χ4v) is 2.70. The van der Waals surface area contributed by atoms with Crippen molar-refractivity contribution < 1.29 is 4.79 Å². The van der Waals surface area contributed by atoms with Crippen molar-refractivity contribution in [3.8, 4) is 0 Å². The Kier molecular flexibility index (Phi) is 1.69. The zero-order valence-electron chi connectivity index (χ0n) is 9.42. The Bertz CT molecular complexity index is 610. The van der Waals surface area contributed by atoms with Gasteiger partial charge >= 0.3 is 0 Å². The molecule has 0 unspecified atom stereocenters. The zero-order valence-corrected chi connectivity index (χ0v) is 9.42. The van der Waals surface area contributed by atoms with E-state index in [9.17, 15) is 4.79 Å². The van der Waals surface area contributed by atoms with Gasteiger partial charge in [0.05, 0.1) is 5.69 Å². The molecule has 2 aromatic rings. The minimum Gasteiger partial charge on any atom is -0.352 e. The van der Waals surface area contributed by atoms with Crippen LogP contribution in [0.5, 0.6) is 0 Å². The van der Waals surface area contributed by atoms with Gasteiger partial charge in [0.25, 0.3) is 0 Å². The Hall–Kier alpha value is -1.51. The van der Waals surface area contributed by atoms with Gasteiger partial charge in [-0.15, -0.1) is 0 Å². The Morgan fingerprint density at radius 2 is 2.12 bits per heavy atom. The van der Waals surface area contributed by atoms with Crippen LogP contribution >= 0.6 is 0 Å². The van der Waals surface area contributed by atoms with Crippen LogP contribution in [0.1, 0.15) is 36.3 Å². The molecule has 1 heterocycles. The van der Waals surface area contributed by atoms with Crippen molar-refractivity contribution in [2.45, 2.75) is 25.7 Å². The molecule has 1 aliphatic carbocycles. The maximum atomic E-state index is 11.9. The Morgan fingerprint density at radius 3 is 2.88 bits per heavy atom. The molecule has 1 N–H and O–H groups in total. The lowest BCUT2D eigenvalue weighted by Crippen LogP contribution is -2.13. The number of rotatable bonds is 0. The fraction of sp³-hybridized carbons (Fsp3) is 0.308. The average Bonchev–Trinajstić information content (AvgIpc) is 2.64. The molecule has 0 aliphatic heterocycles. The molecule has 2 radical (unpaired) electrons. The smallest absolute Gasteiger partial charge is 0.180 e. The second-order valence-corrected chi connectivity index (χ2v) is 5.16. The second-order valence-electron chi connectivity index (χ2n) is 5.16. The van der Waals surface area contributed by atoms with Crippen LogP contribution in [0.2, 0.25) is 0 Å². The highest BCUT2D eigenvalue weighted by Crippen LogP contribution is 2.42. The largest absolute Gasteiger partial charge is 0.352 e. The summed E-state index contributed by atoms with van der Waals surface area (Å²) in [5.41, 5.74) is 3.55. The molecule has 1 aliphatic rings. The SMILES string of the molecule is [B]c1ccc2[nH]c3c(c2c1)C(C)(C)CC3=O. The van der Waals surface area contributed by atoms with Gasteiger partial charge in [-0.05, 0) is 17.0 Å². The van der Waals surface area contributed by atoms with Gasteiger partial charge in [0.2, 0.25) is 0 Å². The van der Waals surface area contributed by atoms with Crippen LogP contribution in [0.25, 0.3) is 10.9 Å². The first-order valence-electron chi connectivity index (χ1n) is 5.44. The van der Waals surface area contributed by atoms with Gasteiger partial charge in [0.1, 0.15) is 7.85 Å². The van der Waals surface area contributed by atoms with Crippen molar-refractivity contribution in [1.82, 2.24) is 4.98 Å². The van der Waals surface area contributed by atoms with Gasteiger partial charge in [-0.2, -0.15) is 0 Å². The number of Topliss-reactive ketones (excluding diaryl/α,β-unsaturated/α-hetero) is 1. The number of aromatic amines is 1. The summed E-state index contributed by atoms with van der Waals surface area (Å²) in [4.78, 5) is 15.1. The van der Waals surface area contributed by atoms with Crippen molar-refractivity contribution in [3.05, 3.63) is 29.5 Å². The van der Waals surface area contributed by atoms with Gasteiger partial charge in [-0.3, -0.25) is 4.79 Å². The molecule has 78 valence electrons. The molecular weight excluding hydrogens is 197 g/mol. The molecular formula is C13H12BNO. The van der Waals surface area contributed by atoms with Crippen molar-refractivity contribution in [2.24, 2.45) is 0 Å². The van der Waals surface area contributed by atoms with Crippen molar-refractivity contribution >= 4 is 30.0 Å². The molecule has 0 saturated carbocycles. The van der Waals surface area contributed by atoms with Crippen molar-refractivity contribution in [3.63, 3.8) is 0 Å². The van der Waals surface area contributed by atoms with Crippen molar-refractivity contribution in [2.75, 3.05) is 0 Å². The molecule has 0 atom stereocenters. The summed E-state index contributed by atoms with van der Waals surface area (Å²) in [7, 11) is 5.80. The minimum absolute atomic E-state index is 0.0849. The monoisotopic (exact) mass is 209 g/mol. The van der Waals surface area contributed by atoms with Gasteiger partial charge < -0.3 is 4.98 Å². The Morgan fingerprint density at radius 1 is 1.38 bits per heavy atom. The molecule has 3 rings (SSSR count). The number of fused-ring (bicyclic) bond motifs is 3. The number of aromatic nitrogens is 1. The van der Waals surface area contributed by atoms with E-state index in [1.807, 2.05) is 18.2 Å². The van der Waals surface area contributed by atoms with Gasteiger partial charge in [0.15, 0.2) is 5.78 Å². The van der Waals surface area contributed by atoms with Crippen LogP contribution in [0.3, 0.4) is 0 Å². The van der Waals surface area contributed by atoms with Crippen LogP contribution in [-0.4, -0.2) is 18.6 Å². The number of carbonyl (C=O) groups is 1. The molecule has 0 fully saturated rings. The maximum Gasteiger partial charge on any atom is 0.180 e. The molecule has 0 spiro atoms. The summed E-state index contributed by atoms with van der Waals surface area (Å²) in [6, 6.07) is 5.74. The summed E-state index contributed by atoms with van der Waals surface area (Å²) in [5, 5.41) is 1.09. The lowest BCUT2D eigenvalue weighted by Gasteiger charge is -2.17. The summed E-state index contributed by atoms with van der Waals surface area (Å²) in [6.45, 7) is 4.21. The topological polar surface area (TPSA) is 32.9 Å². The van der Waals surface area contributed by atoms with E-state index in [0.717, 1.165) is 27.6 Å². The first-order chi connectivity index (χ1) is 7.49. The highest BCUT2D eigenvalue weighted by Gasteiger charge is 2.38. The van der Waals surface area contributed by atoms with Gasteiger partial charge in [0, 0.05) is 17.3 Å². The van der Waals surface area contributed by atoms with E-state index in [1.165, 1.54) is 0 Å². The summed E-state index contributed by atoms with van der Waals surface area (Å²) >= 11 is 0. The lowest BCUT2D eigenvalue weighted by molar-refractivity contribution is 0.0975. The van der Waals surface area contributed by atoms with E-state index in [2.05, 4.69) is 18.8 Å². The number of carbonyl (C=O) groups excluding carboxylic acids is 1. The van der Waals surface area contributed by atoms with Crippen molar-refractivity contribution in [1.29, 1.82) is 0 Å². The Balaban J connectivity index is 2.44. The quantitative estimate of drug-likeness (QED) is 0.659. The summed E-state index contributed by atoms with van der Waals surface area (Å²) in [6.07, 6.45) is 0.582. The van der Waals surface area contributed by atoms with Crippen LogP contribution in [0.4, 0.5) is 0 Å². The first-order valence-corrected chi connectivity index (χ1v) is 5.44. The van der Waals surface area contributed by atoms with E-state index in [-0.39, 0.29) is 11.2 Å². The predicted molar refractivity (Wildman–Crippen MR) is 65.7 cm³/mol. The zero-order chi connectivity index (χ0) is 11.5. The molecule has 0 bridgehead atoms. The van der Waals surface area contributed by atoms with Crippen LogP contribution in [0.15, 0.2) is 18.2 Å². The highest BCUT2D eigenvalue weighted by molar-refractivity contribution is 6.33. The maximum absolute atomic E-state index is 11.9. The van der Waals surface area contributed by atoms with E-state index in [1.54, 1.807) is 0 Å². The minimum atomic E-state index is -0.0849.